The van der Waals surface area contributed by atoms with E-state index in [4.69, 9.17) is 10.8 Å². The molecule has 6 nitrogen and oxygen atoms in total. The Kier molecular flexibility index (Phi) is 3.51. The van der Waals surface area contributed by atoms with Crippen LogP contribution in [0.3, 0.4) is 0 Å². The summed E-state index contributed by atoms with van der Waals surface area (Å²) in [5, 5.41) is 8.68. The minimum atomic E-state index is -1.18. The minimum absolute atomic E-state index is 0.0977. The number of aromatic nitrogens is 2. The third-order valence-corrected chi connectivity index (χ3v) is 2.82. The lowest BCUT2D eigenvalue weighted by Gasteiger charge is -2.06. The number of nitrogens with one attached hydrogen (secondary N) is 1. The summed E-state index contributed by atoms with van der Waals surface area (Å²) in [6, 6.07) is 4.36. The van der Waals surface area contributed by atoms with Gasteiger partial charge in [0.25, 0.3) is 5.56 Å². The highest BCUT2D eigenvalue weighted by atomic mass is 19.1. The number of aliphatic carboxylic acids is 1. The fraction of sp³-hybridized carbons (Fsp3) is 0.154. The molecule has 4 N–H and O–H groups in total. The smallest absolute Gasteiger partial charge is 0.308 e. The van der Waals surface area contributed by atoms with Gasteiger partial charge in [-0.3, -0.25) is 9.59 Å². The van der Waals surface area contributed by atoms with Crippen LogP contribution in [0.15, 0.2) is 23.0 Å². The maximum absolute atomic E-state index is 13.5. The molecule has 0 unspecified atom stereocenters. The zero-order valence-electron chi connectivity index (χ0n) is 10.6. The summed E-state index contributed by atoms with van der Waals surface area (Å²) in [7, 11) is 0. The van der Waals surface area contributed by atoms with Crippen molar-refractivity contribution in [3.63, 3.8) is 0 Å². The summed E-state index contributed by atoms with van der Waals surface area (Å²) >= 11 is 0. The van der Waals surface area contributed by atoms with Gasteiger partial charge >= 0.3 is 5.97 Å². The number of carboxylic acid groups (broad SMARTS) is 1. The Morgan fingerprint density at radius 3 is 2.75 bits per heavy atom. The first-order chi connectivity index (χ1) is 9.38. The molecule has 0 bridgehead atoms. The first-order valence-electron chi connectivity index (χ1n) is 5.75. The van der Waals surface area contributed by atoms with Gasteiger partial charge in [-0.05, 0) is 18.6 Å². The summed E-state index contributed by atoms with van der Waals surface area (Å²) in [6.45, 7) is 1.61. The van der Waals surface area contributed by atoms with Crippen LogP contribution in [0.25, 0.3) is 11.4 Å². The summed E-state index contributed by atoms with van der Waals surface area (Å²) in [4.78, 5) is 28.7. The zero-order valence-corrected chi connectivity index (χ0v) is 10.6. The number of carboxylic acids is 1. The first-order valence-corrected chi connectivity index (χ1v) is 5.75. The van der Waals surface area contributed by atoms with Crippen molar-refractivity contribution in [3.8, 4) is 11.4 Å². The van der Waals surface area contributed by atoms with E-state index in [2.05, 4.69) is 9.97 Å². The van der Waals surface area contributed by atoms with E-state index in [0.29, 0.717) is 11.1 Å². The number of hydrogen-bond acceptors (Lipinski definition) is 4. The van der Waals surface area contributed by atoms with Gasteiger partial charge in [0.1, 0.15) is 17.5 Å². The molecular weight excluding hydrogens is 265 g/mol. The highest BCUT2D eigenvalue weighted by molar-refractivity contribution is 5.72. The average molecular weight is 277 g/mol. The van der Waals surface area contributed by atoms with Crippen molar-refractivity contribution < 1.29 is 14.3 Å². The van der Waals surface area contributed by atoms with Gasteiger partial charge in [-0.15, -0.1) is 0 Å². The van der Waals surface area contributed by atoms with Crippen LogP contribution in [0.5, 0.6) is 0 Å². The summed E-state index contributed by atoms with van der Waals surface area (Å²) in [6.07, 6.45) is -0.517. The van der Waals surface area contributed by atoms with Crippen LogP contribution in [-0.4, -0.2) is 21.0 Å². The van der Waals surface area contributed by atoms with E-state index >= 15 is 0 Å². The second-order valence-electron chi connectivity index (χ2n) is 4.31. The Balaban J connectivity index is 2.52. The van der Waals surface area contributed by atoms with E-state index in [1.807, 2.05) is 0 Å². The number of carbonyl (C=O) groups is 1. The Hall–Kier alpha value is -2.70. The molecule has 2 aromatic rings. The van der Waals surface area contributed by atoms with Crippen molar-refractivity contribution in [3.05, 3.63) is 45.5 Å². The van der Waals surface area contributed by atoms with E-state index in [1.165, 1.54) is 6.07 Å². The fourth-order valence-corrected chi connectivity index (χ4v) is 1.71. The molecule has 0 spiro atoms. The van der Waals surface area contributed by atoms with E-state index in [-0.39, 0.29) is 17.2 Å². The van der Waals surface area contributed by atoms with Crippen molar-refractivity contribution in [1.29, 1.82) is 0 Å². The lowest BCUT2D eigenvalue weighted by Crippen LogP contribution is -2.21. The molecule has 0 aliphatic rings. The number of nitrogens with two attached hydrogens (primary N) is 1. The van der Waals surface area contributed by atoms with Crippen molar-refractivity contribution in [1.82, 2.24) is 9.97 Å². The average Bonchev–Trinajstić information content (AvgIpc) is 2.36. The van der Waals surface area contributed by atoms with Crippen LogP contribution in [0.2, 0.25) is 0 Å². The first kappa shape index (κ1) is 13.7. The van der Waals surface area contributed by atoms with Gasteiger partial charge in [0.05, 0.1) is 12.0 Å². The van der Waals surface area contributed by atoms with Crippen molar-refractivity contribution in [2.24, 2.45) is 0 Å². The van der Waals surface area contributed by atoms with Crippen LogP contribution in [-0.2, 0) is 11.2 Å². The molecule has 7 heteroatoms. The van der Waals surface area contributed by atoms with Crippen molar-refractivity contribution >= 4 is 11.8 Å². The van der Waals surface area contributed by atoms with Gasteiger partial charge in [-0.25, -0.2) is 9.37 Å². The van der Waals surface area contributed by atoms with Gasteiger partial charge < -0.3 is 15.8 Å². The lowest BCUT2D eigenvalue weighted by atomic mass is 10.1. The summed E-state index contributed by atoms with van der Waals surface area (Å²) < 4.78 is 13.5. The fourth-order valence-electron chi connectivity index (χ4n) is 1.71. The van der Waals surface area contributed by atoms with E-state index in [1.54, 1.807) is 19.1 Å². The highest BCUT2D eigenvalue weighted by Gasteiger charge is 2.13. The number of H-pyrrole nitrogens is 1. The van der Waals surface area contributed by atoms with Gasteiger partial charge in [0, 0.05) is 5.56 Å². The van der Waals surface area contributed by atoms with Crippen LogP contribution in [0.1, 0.15) is 11.1 Å². The molecule has 0 saturated carbocycles. The highest BCUT2D eigenvalue weighted by Crippen LogP contribution is 2.19. The number of aryl methyl sites for hydroxylation is 1. The van der Waals surface area contributed by atoms with E-state index in [9.17, 15) is 14.0 Å². The van der Waals surface area contributed by atoms with Gasteiger partial charge in [0.15, 0.2) is 0 Å². The number of anilines is 1. The predicted octanol–water partition coefficient (Wildman–Crippen LogP) is 1.09. The Morgan fingerprint density at radius 1 is 1.50 bits per heavy atom. The standard InChI is InChI=1S/C13H12FN3O3/c1-6-2-3-7(4-9(6)14)12-16-11(15)8(5-10(18)19)13(20)17-12/h2-4H,5H2,1H3,(H,18,19)(H3,15,16,17,20). The van der Waals surface area contributed by atoms with Gasteiger partial charge in [-0.2, -0.15) is 0 Å². The van der Waals surface area contributed by atoms with Crippen molar-refractivity contribution in [2.45, 2.75) is 13.3 Å². The number of nitrogens with zero attached hydrogens (tertiary/aromatic N) is 1. The number of hydrogen-bond donors (Lipinski definition) is 3. The maximum atomic E-state index is 13.5. The minimum Gasteiger partial charge on any atom is -0.481 e. The van der Waals surface area contributed by atoms with E-state index in [0.717, 1.165) is 0 Å². The quantitative estimate of drug-likeness (QED) is 0.778. The number of aromatic amines is 1. The predicted molar refractivity (Wildman–Crippen MR) is 70.7 cm³/mol. The molecule has 2 rings (SSSR count). The molecule has 1 aromatic heterocycles. The molecule has 0 aliphatic carbocycles. The Labute approximate surface area is 113 Å². The molecule has 104 valence electrons. The lowest BCUT2D eigenvalue weighted by molar-refractivity contribution is -0.136. The number of benzene rings is 1. The topological polar surface area (TPSA) is 109 Å². The second-order valence-corrected chi connectivity index (χ2v) is 4.31. The summed E-state index contributed by atoms with van der Waals surface area (Å²) in [5.74, 6) is -1.69. The monoisotopic (exact) mass is 277 g/mol. The molecule has 0 amide bonds. The van der Waals surface area contributed by atoms with Crippen LogP contribution in [0, 0.1) is 12.7 Å². The van der Waals surface area contributed by atoms with Gasteiger partial charge in [0.2, 0.25) is 0 Å². The van der Waals surface area contributed by atoms with Crippen LogP contribution < -0.4 is 11.3 Å². The third kappa shape index (κ3) is 2.66. The Morgan fingerprint density at radius 2 is 2.20 bits per heavy atom. The molecule has 0 saturated heterocycles. The normalized spacial score (nSPS) is 10.5. The largest absolute Gasteiger partial charge is 0.481 e. The number of halogens is 1. The third-order valence-electron chi connectivity index (χ3n) is 2.82. The molecule has 0 atom stereocenters. The molecule has 1 aromatic carbocycles. The zero-order chi connectivity index (χ0) is 14.9. The van der Waals surface area contributed by atoms with Crippen LogP contribution >= 0.6 is 0 Å². The second kappa shape index (κ2) is 5.12. The molecule has 20 heavy (non-hydrogen) atoms. The van der Waals surface area contributed by atoms with Crippen molar-refractivity contribution in [2.75, 3.05) is 5.73 Å². The molecule has 0 aliphatic heterocycles. The molecule has 0 radical (unpaired) electrons. The molecule has 1 heterocycles. The maximum Gasteiger partial charge on any atom is 0.308 e. The Bertz CT molecular complexity index is 740. The van der Waals surface area contributed by atoms with E-state index < -0.39 is 23.8 Å². The SMILES string of the molecule is Cc1ccc(-c2nc(N)c(CC(=O)O)c(=O)[nH]2)cc1F. The molecular formula is C13H12FN3O3. The number of rotatable bonds is 3. The van der Waals surface area contributed by atoms with Gasteiger partial charge in [-0.1, -0.05) is 12.1 Å². The summed E-state index contributed by atoms with van der Waals surface area (Å²) in [5.41, 5.74) is 5.65. The van der Waals surface area contributed by atoms with Crippen LogP contribution in [0.4, 0.5) is 10.2 Å². The number of nitrogen functional groups attached to an aromatic ring is 1. The molecule has 0 fully saturated rings.